The summed E-state index contributed by atoms with van der Waals surface area (Å²) in [6.45, 7) is 4.08. The number of phenols is 1. The minimum Gasteiger partial charge on any atom is -0.508 e. The van der Waals surface area contributed by atoms with Gasteiger partial charge in [0.05, 0.1) is 0 Å². The molecule has 2 aromatic rings. The molecule has 6 heteroatoms. The number of hydrogen-bond donors (Lipinski definition) is 2. The van der Waals surface area contributed by atoms with Crippen LogP contribution in [-0.4, -0.2) is 36.1 Å². The molecule has 0 saturated carbocycles. The van der Waals surface area contributed by atoms with E-state index in [4.69, 9.17) is 0 Å². The van der Waals surface area contributed by atoms with Crippen LogP contribution in [0.2, 0.25) is 0 Å². The number of nitrogens with one attached hydrogen (secondary N) is 1. The smallest absolute Gasteiger partial charge is 0.193 e. The molecule has 136 valence electrons. The average Bonchev–Trinajstić information content (AvgIpc) is 2.56. The molecule has 2 N–H and O–H groups in total. The van der Waals surface area contributed by atoms with Crippen LogP contribution in [0.5, 0.6) is 5.75 Å². The van der Waals surface area contributed by atoms with Crippen LogP contribution in [0.4, 0.5) is 4.39 Å². The minimum absolute atomic E-state index is 0. The summed E-state index contributed by atoms with van der Waals surface area (Å²) >= 11 is 0. The van der Waals surface area contributed by atoms with Crippen molar-refractivity contribution in [2.75, 3.05) is 20.1 Å². The molecule has 0 spiro atoms. The monoisotopic (exact) mass is 457 g/mol. The largest absolute Gasteiger partial charge is 0.508 e. The Kier molecular flexibility index (Phi) is 9.26. The van der Waals surface area contributed by atoms with Crippen LogP contribution in [0.15, 0.2) is 53.5 Å². The quantitative estimate of drug-likeness (QED) is 0.394. The van der Waals surface area contributed by atoms with Gasteiger partial charge < -0.3 is 15.3 Å². The molecular weight excluding hydrogens is 432 g/mol. The first-order chi connectivity index (χ1) is 11.6. The van der Waals surface area contributed by atoms with E-state index in [0.29, 0.717) is 13.1 Å². The minimum atomic E-state index is -0.229. The Morgan fingerprint density at radius 3 is 2.52 bits per heavy atom. The number of aliphatic imine (C=N–C) groups is 1. The van der Waals surface area contributed by atoms with Gasteiger partial charge in [-0.25, -0.2) is 4.39 Å². The van der Waals surface area contributed by atoms with Gasteiger partial charge in [-0.3, -0.25) is 4.99 Å². The van der Waals surface area contributed by atoms with Crippen molar-refractivity contribution in [2.24, 2.45) is 4.99 Å². The normalized spacial score (nSPS) is 10.9. The molecule has 0 aliphatic heterocycles. The summed E-state index contributed by atoms with van der Waals surface area (Å²) in [6, 6.07) is 13.7. The Bertz CT molecular complexity index is 677. The Morgan fingerprint density at radius 2 is 1.88 bits per heavy atom. The maximum absolute atomic E-state index is 13.0. The number of rotatable bonds is 6. The number of halogens is 2. The molecule has 0 aliphatic rings. The van der Waals surface area contributed by atoms with E-state index < -0.39 is 0 Å². The number of hydrogen-bond acceptors (Lipinski definition) is 2. The zero-order valence-corrected chi connectivity index (χ0v) is 16.9. The lowest BCUT2D eigenvalue weighted by Crippen LogP contribution is -2.38. The first-order valence-electron chi connectivity index (χ1n) is 8.10. The molecule has 0 saturated heterocycles. The summed E-state index contributed by atoms with van der Waals surface area (Å²) in [5.74, 6) is 0.854. The van der Waals surface area contributed by atoms with Crippen molar-refractivity contribution in [1.82, 2.24) is 10.2 Å². The molecule has 0 unspecified atom stereocenters. The fourth-order valence-electron chi connectivity index (χ4n) is 2.41. The highest BCUT2D eigenvalue weighted by atomic mass is 127. The molecular formula is C19H25FIN3O. The third-order valence-corrected chi connectivity index (χ3v) is 3.60. The maximum atomic E-state index is 13.0. The highest BCUT2D eigenvalue weighted by Gasteiger charge is 2.06. The average molecular weight is 457 g/mol. The lowest BCUT2D eigenvalue weighted by atomic mass is 10.1. The summed E-state index contributed by atoms with van der Waals surface area (Å²) < 4.78 is 13.0. The van der Waals surface area contributed by atoms with Gasteiger partial charge in [-0.1, -0.05) is 24.3 Å². The van der Waals surface area contributed by atoms with Crippen molar-refractivity contribution < 1.29 is 9.50 Å². The Morgan fingerprint density at radius 1 is 1.16 bits per heavy atom. The van der Waals surface area contributed by atoms with Crippen molar-refractivity contribution in [3.8, 4) is 5.75 Å². The van der Waals surface area contributed by atoms with E-state index in [-0.39, 0.29) is 35.5 Å². The van der Waals surface area contributed by atoms with Crippen molar-refractivity contribution >= 4 is 29.9 Å². The van der Waals surface area contributed by atoms with E-state index in [0.717, 1.165) is 30.1 Å². The van der Waals surface area contributed by atoms with Gasteiger partial charge in [0.1, 0.15) is 11.6 Å². The number of nitrogens with zero attached hydrogens (tertiary/aromatic N) is 2. The van der Waals surface area contributed by atoms with Crippen LogP contribution in [0.25, 0.3) is 0 Å². The summed E-state index contributed by atoms with van der Waals surface area (Å²) in [5.41, 5.74) is 2.08. The fourth-order valence-corrected chi connectivity index (χ4v) is 2.41. The third kappa shape index (κ3) is 7.29. The van der Waals surface area contributed by atoms with E-state index in [1.54, 1.807) is 24.3 Å². The van der Waals surface area contributed by atoms with Gasteiger partial charge in [0.25, 0.3) is 0 Å². The van der Waals surface area contributed by atoms with Gasteiger partial charge in [0, 0.05) is 26.7 Å². The highest BCUT2D eigenvalue weighted by molar-refractivity contribution is 14.0. The molecule has 0 bridgehead atoms. The summed E-state index contributed by atoms with van der Waals surface area (Å²) in [5, 5.41) is 12.8. The lowest BCUT2D eigenvalue weighted by molar-refractivity contribution is 0.474. The zero-order valence-electron chi connectivity index (χ0n) is 14.6. The molecule has 4 nitrogen and oxygen atoms in total. The molecule has 2 rings (SSSR count). The van der Waals surface area contributed by atoms with Crippen molar-refractivity contribution in [1.29, 1.82) is 0 Å². The zero-order chi connectivity index (χ0) is 17.4. The fraction of sp³-hybridized carbons (Fsp3) is 0.316. The van der Waals surface area contributed by atoms with Gasteiger partial charge >= 0.3 is 0 Å². The third-order valence-electron chi connectivity index (χ3n) is 3.60. The van der Waals surface area contributed by atoms with E-state index in [1.807, 2.05) is 31.0 Å². The van der Waals surface area contributed by atoms with Gasteiger partial charge in [0.15, 0.2) is 5.96 Å². The first-order valence-corrected chi connectivity index (χ1v) is 8.10. The van der Waals surface area contributed by atoms with Crippen LogP contribution >= 0.6 is 24.0 Å². The van der Waals surface area contributed by atoms with E-state index in [1.165, 1.54) is 12.1 Å². The van der Waals surface area contributed by atoms with Crippen LogP contribution in [-0.2, 0) is 13.0 Å². The van der Waals surface area contributed by atoms with Crippen molar-refractivity contribution in [2.45, 2.75) is 19.9 Å². The second kappa shape index (κ2) is 10.9. The first kappa shape index (κ1) is 21.2. The Labute approximate surface area is 165 Å². The van der Waals surface area contributed by atoms with Crippen LogP contribution in [0.3, 0.4) is 0 Å². The SMILES string of the molecule is CCNC(=NCCc1cccc(O)c1)N(C)Cc1ccc(F)cc1.I. The van der Waals surface area contributed by atoms with Crippen molar-refractivity contribution in [3.05, 3.63) is 65.5 Å². The number of aromatic hydroxyl groups is 1. The highest BCUT2D eigenvalue weighted by Crippen LogP contribution is 2.11. The second-order valence-electron chi connectivity index (χ2n) is 5.64. The van der Waals surface area contributed by atoms with E-state index in [9.17, 15) is 9.50 Å². The van der Waals surface area contributed by atoms with E-state index in [2.05, 4.69) is 10.3 Å². The molecule has 25 heavy (non-hydrogen) atoms. The molecule has 2 aromatic carbocycles. The second-order valence-corrected chi connectivity index (χ2v) is 5.64. The van der Waals surface area contributed by atoms with Crippen LogP contribution < -0.4 is 5.32 Å². The molecule has 0 atom stereocenters. The lowest BCUT2D eigenvalue weighted by Gasteiger charge is -2.22. The molecule has 0 heterocycles. The summed E-state index contributed by atoms with van der Waals surface area (Å²) in [6.07, 6.45) is 0.758. The molecule has 0 radical (unpaired) electrons. The summed E-state index contributed by atoms with van der Waals surface area (Å²) in [4.78, 5) is 6.64. The van der Waals surface area contributed by atoms with Crippen molar-refractivity contribution in [3.63, 3.8) is 0 Å². The molecule has 0 fully saturated rings. The van der Waals surface area contributed by atoms with Gasteiger partial charge in [-0.05, 0) is 48.7 Å². The molecule has 0 amide bonds. The number of benzene rings is 2. The van der Waals surface area contributed by atoms with Crippen LogP contribution in [0, 0.1) is 5.82 Å². The van der Waals surface area contributed by atoms with Crippen LogP contribution in [0.1, 0.15) is 18.1 Å². The van der Waals surface area contributed by atoms with Gasteiger partial charge in [0.2, 0.25) is 0 Å². The number of guanidine groups is 1. The van der Waals surface area contributed by atoms with Gasteiger partial charge in [-0.15, -0.1) is 24.0 Å². The summed E-state index contributed by atoms with van der Waals surface area (Å²) in [7, 11) is 1.96. The standard InChI is InChI=1S/C19H24FN3O.HI/c1-3-21-19(22-12-11-15-5-4-6-18(24)13-15)23(2)14-16-7-9-17(20)10-8-16;/h4-10,13,24H,3,11-12,14H2,1-2H3,(H,21,22);1H. The van der Waals surface area contributed by atoms with Gasteiger partial charge in [-0.2, -0.15) is 0 Å². The predicted octanol–water partition coefficient (Wildman–Crippen LogP) is 3.79. The topological polar surface area (TPSA) is 47.9 Å². The van der Waals surface area contributed by atoms with E-state index >= 15 is 0 Å². The Balaban J connectivity index is 0.00000312. The molecule has 0 aliphatic carbocycles. The number of phenolic OH excluding ortho intramolecular Hbond substituents is 1. The molecule has 0 aromatic heterocycles. The maximum Gasteiger partial charge on any atom is 0.193 e. The predicted molar refractivity (Wildman–Crippen MR) is 111 cm³/mol. The Hall–Kier alpha value is -1.83.